The van der Waals surface area contributed by atoms with E-state index in [4.69, 9.17) is 4.74 Å². The zero-order valence-electron chi connectivity index (χ0n) is 22.6. The molecule has 0 spiro atoms. The molecule has 32 heavy (non-hydrogen) atoms. The first-order chi connectivity index (χ1) is 15.7. The van der Waals surface area contributed by atoms with Gasteiger partial charge in [0.1, 0.15) is 0 Å². The molecular weight excluding hydrogens is 392 g/mol. The third kappa shape index (κ3) is 24.1. The molecule has 0 saturated carbocycles. The Labute approximate surface area is 203 Å². The van der Waals surface area contributed by atoms with Crippen LogP contribution in [0.3, 0.4) is 0 Å². The Kier molecular flexibility index (Phi) is 26.3. The highest BCUT2D eigenvalue weighted by atomic mass is 16.5. The second-order valence-electron chi connectivity index (χ2n) is 10.2. The summed E-state index contributed by atoms with van der Waals surface area (Å²) in [6, 6.07) is 0. The van der Waals surface area contributed by atoms with E-state index in [1.807, 2.05) is 0 Å². The van der Waals surface area contributed by atoms with Gasteiger partial charge in [-0.3, -0.25) is 4.79 Å². The molecule has 0 aromatic carbocycles. The van der Waals surface area contributed by atoms with E-state index in [9.17, 15) is 4.79 Å². The molecule has 192 valence electrons. The van der Waals surface area contributed by atoms with Crippen LogP contribution in [0.2, 0.25) is 0 Å². The van der Waals surface area contributed by atoms with Gasteiger partial charge in [-0.1, -0.05) is 156 Å². The molecule has 0 aliphatic heterocycles. The van der Waals surface area contributed by atoms with E-state index in [2.05, 4.69) is 20.8 Å². The highest BCUT2D eigenvalue weighted by Gasteiger charge is 2.10. The van der Waals surface area contributed by atoms with Gasteiger partial charge >= 0.3 is 5.97 Å². The topological polar surface area (TPSA) is 26.3 Å². The number of hydrogen-bond donors (Lipinski definition) is 0. The summed E-state index contributed by atoms with van der Waals surface area (Å²) in [6.07, 6.45) is 31.4. The van der Waals surface area contributed by atoms with Crippen molar-refractivity contribution in [1.82, 2.24) is 0 Å². The lowest BCUT2D eigenvalue weighted by atomic mass is 9.98. The first-order valence-electron chi connectivity index (χ1n) is 14.9. The molecule has 0 amide bonds. The fourth-order valence-electron chi connectivity index (χ4n) is 4.54. The summed E-state index contributed by atoms with van der Waals surface area (Å²) in [5.41, 5.74) is 0. The number of ether oxygens (including phenoxy) is 1. The number of carbonyl (C=O) groups excluding carboxylic acids is 1. The van der Waals surface area contributed by atoms with E-state index in [-0.39, 0.29) is 5.97 Å². The Hall–Kier alpha value is -0.530. The molecule has 0 N–H and O–H groups in total. The van der Waals surface area contributed by atoms with Gasteiger partial charge < -0.3 is 4.74 Å². The van der Waals surface area contributed by atoms with Crippen LogP contribution in [0, 0.1) is 5.92 Å². The summed E-state index contributed by atoms with van der Waals surface area (Å²) in [6.45, 7) is 7.42. The third-order valence-electron chi connectivity index (χ3n) is 7.01. The Morgan fingerprint density at radius 1 is 0.531 bits per heavy atom. The standard InChI is InChI=1S/C30H60O2/c1-4-7-9-11-13-14-15-16-17-18-19-20-21-23-25-27-30(31)32-28-29(6-3)26-24-22-12-10-8-5-2/h29H,4-28H2,1-3H3. The predicted octanol–water partition coefficient (Wildman–Crippen LogP) is 10.6. The van der Waals surface area contributed by atoms with Crippen molar-refractivity contribution < 1.29 is 9.53 Å². The van der Waals surface area contributed by atoms with Crippen LogP contribution in [0.5, 0.6) is 0 Å². The first kappa shape index (κ1) is 31.5. The second-order valence-corrected chi connectivity index (χ2v) is 10.2. The minimum atomic E-state index is 0.0288. The van der Waals surface area contributed by atoms with E-state index in [0.29, 0.717) is 18.9 Å². The van der Waals surface area contributed by atoms with Gasteiger partial charge in [-0.05, 0) is 18.8 Å². The van der Waals surface area contributed by atoms with Crippen molar-refractivity contribution in [3.8, 4) is 0 Å². The molecule has 0 aromatic heterocycles. The molecule has 0 saturated heterocycles. The lowest BCUT2D eigenvalue weighted by Gasteiger charge is -2.15. The van der Waals surface area contributed by atoms with Gasteiger partial charge in [0.15, 0.2) is 0 Å². The Balaban J connectivity index is 3.36. The van der Waals surface area contributed by atoms with Gasteiger partial charge in [-0.15, -0.1) is 0 Å². The largest absolute Gasteiger partial charge is 0.465 e. The number of esters is 1. The van der Waals surface area contributed by atoms with Crippen LogP contribution in [0.1, 0.15) is 175 Å². The highest BCUT2D eigenvalue weighted by Crippen LogP contribution is 2.17. The highest BCUT2D eigenvalue weighted by molar-refractivity contribution is 5.69. The third-order valence-corrected chi connectivity index (χ3v) is 7.01. The fourth-order valence-corrected chi connectivity index (χ4v) is 4.54. The average molecular weight is 453 g/mol. The molecule has 0 radical (unpaired) electrons. The van der Waals surface area contributed by atoms with Crippen LogP contribution < -0.4 is 0 Å². The zero-order valence-corrected chi connectivity index (χ0v) is 22.6. The fraction of sp³-hybridized carbons (Fsp3) is 0.967. The van der Waals surface area contributed by atoms with Crippen molar-refractivity contribution in [2.75, 3.05) is 6.61 Å². The number of unbranched alkanes of at least 4 members (excludes halogenated alkanes) is 19. The van der Waals surface area contributed by atoms with Crippen molar-refractivity contribution in [1.29, 1.82) is 0 Å². The second kappa shape index (κ2) is 26.7. The molecule has 0 aliphatic rings. The normalized spacial score (nSPS) is 12.2. The summed E-state index contributed by atoms with van der Waals surface area (Å²) in [5.74, 6) is 0.590. The van der Waals surface area contributed by atoms with Crippen LogP contribution >= 0.6 is 0 Å². The monoisotopic (exact) mass is 452 g/mol. The number of carbonyl (C=O) groups is 1. The van der Waals surface area contributed by atoms with Crippen molar-refractivity contribution in [2.24, 2.45) is 5.92 Å². The number of hydrogen-bond acceptors (Lipinski definition) is 2. The average Bonchev–Trinajstić information content (AvgIpc) is 2.80. The molecule has 0 rings (SSSR count). The van der Waals surface area contributed by atoms with Gasteiger partial charge in [-0.2, -0.15) is 0 Å². The Morgan fingerprint density at radius 2 is 0.906 bits per heavy atom. The van der Waals surface area contributed by atoms with Crippen molar-refractivity contribution in [3.63, 3.8) is 0 Å². The maximum Gasteiger partial charge on any atom is 0.305 e. The molecule has 1 atom stereocenters. The molecule has 0 aliphatic carbocycles. The molecule has 0 bridgehead atoms. The summed E-state index contributed by atoms with van der Waals surface area (Å²) in [4.78, 5) is 12.0. The zero-order chi connectivity index (χ0) is 23.5. The van der Waals surface area contributed by atoms with Crippen LogP contribution in [-0.4, -0.2) is 12.6 Å². The summed E-state index contributed by atoms with van der Waals surface area (Å²) < 4.78 is 5.57. The molecule has 0 fully saturated rings. The van der Waals surface area contributed by atoms with E-state index in [0.717, 1.165) is 12.8 Å². The smallest absolute Gasteiger partial charge is 0.305 e. The molecule has 2 nitrogen and oxygen atoms in total. The van der Waals surface area contributed by atoms with E-state index in [1.54, 1.807) is 0 Å². The maximum absolute atomic E-state index is 12.0. The van der Waals surface area contributed by atoms with Crippen LogP contribution in [0.4, 0.5) is 0 Å². The van der Waals surface area contributed by atoms with Gasteiger partial charge in [0.25, 0.3) is 0 Å². The lowest BCUT2D eigenvalue weighted by molar-refractivity contribution is -0.145. The number of rotatable bonds is 26. The van der Waals surface area contributed by atoms with Crippen molar-refractivity contribution in [3.05, 3.63) is 0 Å². The van der Waals surface area contributed by atoms with Gasteiger partial charge in [-0.25, -0.2) is 0 Å². The van der Waals surface area contributed by atoms with E-state index >= 15 is 0 Å². The van der Waals surface area contributed by atoms with Gasteiger partial charge in [0.05, 0.1) is 6.61 Å². The summed E-state index contributed by atoms with van der Waals surface area (Å²) in [5, 5.41) is 0. The van der Waals surface area contributed by atoms with E-state index in [1.165, 1.54) is 135 Å². The van der Waals surface area contributed by atoms with Crippen molar-refractivity contribution >= 4 is 5.97 Å². The maximum atomic E-state index is 12.0. The van der Waals surface area contributed by atoms with Gasteiger partial charge in [0.2, 0.25) is 0 Å². The molecular formula is C30H60O2. The van der Waals surface area contributed by atoms with Gasteiger partial charge in [0, 0.05) is 6.42 Å². The molecule has 0 heterocycles. The summed E-state index contributed by atoms with van der Waals surface area (Å²) in [7, 11) is 0. The minimum Gasteiger partial charge on any atom is -0.465 e. The van der Waals surface area contributed by atoms with Crippen LogP contribution in [-0.2, 0) is 9.53 Å². The molecule has 2 heteroatoms. The van der Waals surface area contributed by atoms with Crippen LogP contribution in [0.15, 0.2) is 0 Å². The van der Waals surface area contributed by atoms with Crippen molar-refractivity contribution in [2.45, 2.75) is 175 Å². The quantitative estimate of drug-likeness (QED) is 0.0963. The Morgan fingerprint density at radius 3 is 1.31 bits per heavy atom. The first-order valence-corrected chi connectivity index (χ1v) is 14.9. The van der Waals surface area contributed by atoms with E-state index < -0.39 is 0 Å². The Bertz CT molecular complexity index is 366. The minimum absolute atomic E-state index is 0.0288. The predicted molar refractivity (Wildman–Crippen MR) is 142 cm³/mol. The SMILES string of the molecule is CCCCCCCCCCCCCCCCCC(=O)OCC(CC)CCCCCCCC. The molecule has 1 unspecified atom stereocenters. The van der Waals surface area contributed by atoms with Crippen LogP contribution in [0.25, 0.3) is 0 Å². The summed E-state index contributed by atoms with van der Waals surface area (Å²) >= 11 is 0. The molecule has 0 aromatic rings. The lowest BCUT2D eigenvalue weighted by Crippen LogP contribution is -2.13.